The van der Waals surface area contributed by atoms with Gasteiger partial charge in [0.25, 0.3) is 23.6 Å². The largest absolute Gasteiger partial charge is 0.480 e. The molecule has 3 atom stereocenters. The number of alkyl carbamates (subject to hydrolysis) is 1. The topological polar surface area (TPSA) is 356 Å². The van der Waals surface area contributed by atoms with E-state index in [0.29, 0.717) is 66.6 Å². The molecule has 3 aliphatic heterocycles. The lowest BCUT2D eigenvalue weighted by molar-refractivity contribution is -0.140. The number of likely N-dealkylation sites (N-methyl/N-ethyl adjacent to an activating group) is 1. The van der Waals surface area contributed by atoms with Crippen molar-refractivity contribution < 1.29 is 99.1 Å². The number of carbonyl (C=O) groups is 11. The van der Waals surface area contributed by atoms with Crippen molar-refractivity contribution in [2.75, 3.05) is 51.9 Å². The second-order valence-corrected chi connectivity index (χ2v) is 22.1. The molecule has 9 amide bonds. The molecular formula is C68H78ClF4N9O17S3. The van der Waals surface area contributed by atoms with Gasteiger partial charge in [0.15, 0.2) is 6.73 Å². The molecule has 1 saturated heterocycles. The number of imide groups is 4. The molecule has 7 N–H and O–H groups in total. The summed E-state index contributed by atoms with van der Waals surface area (Å²) in [6.07, 6.45) is -4.48. The van der Waals surface area contributed by atoms with Crippen molar-refractivity contribution in [1.29, 1.82) is 0 Å². The number of carboxylic acids is 1. The average Bonchev–Trinajstić information content (AvgIpc) is 1.70. The number of ether oxygens (including phenoxy) is 5. The van der Waals surface area contributed by atoms with E-state index in [-0.39, 0.29) is 146 Å². The van der Waals surface area contributed by atoms with Gasteiger partial charge in [-0.2, -0.15) is 58.6 Å². The lowest BCUT2D eigenvalue weighted by Crippen LogP contribution is -2.41. The molecule has 0 spiro atoms. The number of pyridine rings is 1. The molecule has 0 radical (unpaired) electrons. The molecule has 0 bridgehead atoms. The molecule has 26 nitrogen and oxygen atoms in total. The first-order chi connectivity index (χ1) is 47.4. The van der Waals surface area contributed by atoms with E-state index in [1.807, 2.05) is 60.7 Å². The zero-order valence-corrected chi connectivity index (χ0v) is 58.9. The van der Waals surface area contributed by atoms with Crippen LogP contribution in [0.3, 0.4) is 0 Å². The van der Waals surface area contributed by atoms with Crippen LogP contribution >= 0.6 is 52.1 Å². The van der Waals surface area contributed by atoms with Gasteiger partial charge in [0, 0.05) is 26.2 Å². The van der Waals surface area contributed by atoms with Gasteiger partial charge in [-0.15, -0.1) is 0 Å². The van der Waals surface area contributed by atoms with Crippen LogP contribution in [0.15, 0.2) is 146 Å². The number of hydrogen-bond donors (Lipinski definition) is 5. The molecule has 5 aromatic carbocycles. The normalized spacial score (nSPS) is 13.7. The number of cyclic esters (lactones) is 1. The fourth-order valence-electron chi connectivity index (χ4n) is 9.67. The number of aliphatic carboxylic acids is 1. The second kappa shape index (κ2) is 43.1. The van der Waals surface area contributed by atoms with E-state index < -0.39 is 83.8 Å². The minimum Gasteiger partial charge on any atom is -0.480 e. The number of aryl methyl sites for hydroxylation is 1. The third-order valence-corrected chi connectivity index (χ3v) is 15.4. The number of benzene rings is 5. The lowest BCUT2D eigenvalue weighted by atomic mass is 10.1. The number of anilines is 1. The molecule has 0 saturated carbocycles. The van der Waals surface area contributed by atoms with Crippen molar-refractivity contribution in [3.63, 3.8) is 0 Å². The average molecular weight is 1500 g/mol. The van der Waals surface area contributed by atoms with Crippen LogP contribution in [0.25, 0.3) is 0 Å². The smallest absolute Gasteiger partial charge is 0.424 e. The first-order valence-electron chi connectivity index (χ1n) is 30.9. The molecule has 34 heteroatoms. The predicted molar refractivity (Wildman–Crippen MR) is 378 cm³/mol. The third kappa shape index (κ3) is 25.4. The van der Waals surface area contributed by atoms with Crippen LogP contribution in [0.2, 0.25) is 5.02 Å². The van der Waals surface area contributed by atoms with Gasteiger partial charge in [-0.3, -0.25) is 39.1 Å². The quantitative estimate of drug-likeness (QED) is 0.0163. The van der Waals surface area contributed by atoms with Crippen LogP contribution in [0, 0.1) is 5.82 Å². The summed E-state index contributed by atoms with van der Waals surface area (Å²) < 4.78 is 76.4. The molecule has 1 aromatic heterocycles. The summed E-state index contributed by atoms with van der Waals surface area (Å²) in [5.41, 5.74) is 13.3. The Hall–Kier alpha value is -9.80. The van der Waals surface area contributed by atoms with E-state index in [2.05, 4.69) is 20.4 Å². The Kier molecular flexibility index (Phi) is 36.5. The van der Waals surface area contributed by atoms with E-state index in [4.69, 9.17) is 47.1 Å². The maximum Gasteiger partial charge on any atom is 0.424 e. The van der Waals surface area contributed by atoms with Gasteiger partial charge in [0.1, 0.15) is 43.5 Å². The summed E-state index contributed by atoms with van der Waals surface area (Å²) >= 11 is 5.93. The number of nitrogens with zero attached hydrogens (tertiary/aromatic N) is 5. The van der Waals surface area contributed by atoms with Crippen molar-refractivity contribution in [3.8, 4) is 0 Å². The Balaban J connectivity index is 0.000000364. The fourth-order valence-corrected chi connectivity index (χ4v) is 9.89. The summed E-state index contributed by atoms with van der Waals surface area (Å²) in [5, 5.41) is 13.4. The minimum atomic E-state index is -4.54. The zero-order valence-electron chi connectivity index (χ0n) is 55.2. The van der Waals surface area contributed by atoms with Gasteiger partial charge in [0.05, 0.1) is 45.5 Å². The highest BCUT2D eigenvalue weighted by molar-refractivity contribution is 7.59. The van der Waals surface area contributed by atoms with E-state index in [1.165, 1.54) is 39.0 Å². The first kappa shape index (κ1) is 86.4. The Morgan fingerprint density at radius 3 is 1.75 bits per heavy atom. The van der Waals surface area contributed by atoms with Crippen LogP contribution in [-0.2, 0) is 63.9 Å². The number of carboxylic acid groups (broad SMARTS) is 1. The Morgan fingerprint density at radius 2 is 1.23 bits per heavy atom. The number of halogens is 5. The number of nitrogens with one attached hydrogen (secondary N) is 2. The van der Waals surface area contributed by atoms with E-state index in [9.17, 15) is 70.3 Å². The van der Waals surface area contributed by atoms with Crippen molar-refractivity contribution in [2.45, 2.75) is 95.8 Å². The van der Waals surface area contributed by atoms with Crippen molar-refractivity contribution >= 4 is 124 Å². The fraction of sp³-hybridized carbons (Fsp3) is 0.324. The molecule has 9 rings (SSSR count). The highest BCUT2D eigenvalue weighted by atomic mass is 35.5. The second-order valence-electron chi connectivity index (χ2n) is 21.7. The van der Waals surface area contributed by atoms with E-state index in [0.717, 1.165) is 23.3 Å². The van der Waals surface area contributed by atoms with Crippen molar-refractivity contribution in [1.82, 2.24) is 29.9 Å². The molecule has 3 aliphatic rings. The number of alkyl halides is 3. The summed E-state index contributed by atoms with van der Waals surface area (Å²) in [7, 11) is 1.55. The zero-order chi connectivity index (χ0) is 72.2. The van der Waals surface area contributed by atoms with Crippen molar-refractivity contribution in [3.05, 3.63) is 201 Å². The van der Waals surface area contributed by atoms with Crippen molar-refractivity contribution in [2.24, 2.45) is 11.5 Å². The van der Waals surface area contributed by atoms with E-state index in [1.54, 1.807) is 56.4 Å². The number of esters is 1. The number of aromatic nitrogens is 1. The summed E-state index contributed by atoms with van der Waals surface area (Å²) in [6.45, 7) is 2.47. The van der Waals surface area contributed by atoms with Crippen LogP contribution in [0.5, 0.6) is 0 Å². The number of rotatable bonds is 24. The third-order valence-electron chi connectivity index (χ3n) is 15.0. The molecule has 102 heavy (non-hydrogen) atoms. The van der Waals surface area contributed by atoms with Crippen LogP contribution in [0.1, 0.15) is 116 Å². The molecule has 4 heterocycles. The number of amides is 9. The van der Waals surface area contributed by atoms with Gasteiger partial charge < -0.3 is 50.5 Å². The maximum absolute atomic E-state index is 13.6. The number of fused-ring (bicyclic) bond motifs is 2. The number of hydrogen-bond acceptors (Lipinski definition) is 19. The van der Waals surface area contributed by atoms with Gasteiger partial charge in [0.2, 0.25) is 5.91 Å². The molecule has 6 aromatic rings. The summed E-state index contributed by atoms with van der Waals surface area (Å²) in [4.78, 5) is 139. The lowest BCUT2D eigenvalue weighted by Gasteiger charge is -2.28. The Bertz CT molecular complexity index is 3750. The van der Waals surface area contributed by atoms with E-state index >= 15 is 0 Å². The number of carbonyl (C=O) groups excluding carboxylic acids is 10. The minimum absolute atomic E-state index is 0. The summed E-state index contributed by atoms with van der Waals surface area (Å²) in [5.74, 6) is -4.50. The maximum atomic E-state index is 13.6. The highest BCUT2D eigenvalue weighted by Crippen LogP contribution is 2.30. The van der Waals surface area contributed by atoms with Gasteiger partial charge in [-0.25, -0.2) is 38.1 Å². The number of nitrogens with two attached hydrogens (primary N) is 2. The molecule has 550 valence electrons. The Labute approximate surface area is 609 Å². The van der Waals surface area contributed by atoms with Gasteiger partial charge in [-0.05, 0) is 124 Å². The van der Waals surface area contributed by atoms with Gasteiger partial charge >= 0.3 is 42.5 Å². The summed E-state index contributed by atoms with van der Waals surface area (Å²) in [6, 6.07) is 35.2. The van der Waals surface area contributed by atoms with Crippen LogP contribution in [-0.4, -0.2) is 160 Å². The standard InChI is InChI=1S/C22H25ClF4N4O3.C22H20N2O6.C13H18N2O4.C11H9NO4.3H2S/c1-31(19(32)10-7-14-4-2-6-17(24)20(14)23)16(5-3-11-28)13-34-21(33)30-18-9-8-15(12-29-18)22(25,26)27;25-19-16-9-4-5-10-17(16)20(26)23(19)12-6-11-18-21(27)30-14-24(18)22(28)29-13-15-7-2-1-3-8-15;14-8-4-7-11(12(16)17)15-13(18)19-9-10-5-2-1-3-6-10;1-2-16-11(15)12-9(13)7-5-3-4-6-8(7)10(12)14;;;/h2,4,6,8-9,12,16H,3,5,7,10-11,13,28H2,1H3,(H,29,30,33);1-5,7-10,18H,6,11-14H2;1-3,5-6,11H,4,7-9,14H2,(H,15,18)(H,16,17);3-6H,2H2,1H3;3*1H2/t16-;18-;11-;;;;/m000..../s1. The first-order valence-corrected chi connectivity index (χ1v) is 31.3. The molecule has 0 aliphatic carbocycles. The SMILES string of the molecule is CCOC(=O)N1C(=O)c2ccccc2C1=O.CN(C(=O)CCc1cccc(F)c1Cl)[C@@H](CCCN)COC(=O)Nc1ccc(C(F)(F)F)cn1.NCCC[C@H](NC(=O)OCc1ccccc1)C(=O)O.O=C1OCN(C(=O)OCc2ccccc2)[C@H]1CCCN1C(=O)c2ccccc2C1=O.S.S.S. The highest BCUT2D eigenvalue weighted by Gasteiger charge is 2.42. The molecular weight excluding hydrogens is 1420 g/mol. The Morgan fingerprint density at radius 1 is 0.686 bits per heavy atom. The van der Waals surface area contributed by atoms with Gasteiger partial charge in [-0.1, -0.05) is 109 Å². The predicted octanol–water partition coefficient (Wildman–Crippen LogP) is 10.1. The molecule has 0 unspecified atom stereocenters. The monoisotopic (exact) mass is 1500 g/mol. The van der Waals surface area contributed by atoms with Crippen LogP contribution in [0.4, 0.5) is 42.6 Å². The molecule has 1 fully saturated rings. The van der Waals surface area contributed by atoms with Crippen LogP contribution < -0.4 is 22.1 Å².